The van der Waals surface area contributed by atoms with Crippen molar-refractivity contribution in [2.45, 2.75) is 38.5 Å². The molecule has 1 aliphatic carbocycles. The summed E-state index contributed by atoms with van der Waals surface area (Å²) >= 11 is 0. The summed E-state index contributed by atoms with van der Waals surface area (Å²) in [6.45, 7) is 1.60. The largest absolute Gasteiger partial charge is 0.302 e. The van der Waals surface area contributed by atoms with E-state index >= 15 is 0 Å². The number of nitrogens with one attached hydrogen (secondary N) is 1. The van der Waals surface area contributed by atoms with Gasteiger partial charge in [-0.15, -0.1) is 0 Å². The summed E-state index contributed by atoms with van der Waals surface area (Å²) in [6.07, 6.45) is 5.73. The topological polar surface area (TPSA) is 53.8 Å². The van der Waals surface area contributed by atoms with E-state index in [0.717, 1.165) is 31.2 Å². The molecule has 0 radical (unpaired) electrons. The van der Waals surface area contributed by atoms with Gasteiger partial charge in [-0.1, -0.05) is 18.2 Å². The Balaban J connectivity index is 1.80. The van der Waals surface area contributed by atoms with Crippen LogP contribution in [0.5, 0.6) is 0 Å². The number of aromatic nitrogens is 1. The van der Waals surface area contributed by atoms with Gasteiger partial charge in [-0.05, 0) is 56.2 Å². The average Bonchev–Trinajstić information content (AvgIpc) is 2.53. The number of benzene rings is 1. The van der Waals surface area contributed by atoms with Gasteiger partial charge < -0.3 is 5.41 Å². The van der Waals surface area contributed by atoms with Crippen LogP contribution in [0.2, 0.25) is 0 Å². The summed E-state index contributed by atoms with van der Waals surface area (Å²) in [5, 5.41) is 8.74. The number of pyridine rings is 1. The van der Waals surface area contributed by atoms with Gasteiger partial charge in [-0.2, -0.15) is 0 Å². The van der Waals surface area contributed by atoms with E-state index in [1.165, 1.54) is 10.9 Å². The highest BCUT2D eigenvalue weighted by Crippen LogP contribution is 2.38. The second-order valence-electron chi connectivity index (χ2n) is 5.96. The van der Waals surface area contributed by atoms with Crippen molar-refractivity contribution in [3.05, 3.63) is 42.1 Å². The quantitative estimate of drug-likeness (QED) is 0.860. The fourth-order valence-electron chi connectivity index (χ4n) is 3.45. The summed E-state index contributed by atoms with van der Waals surface area (Å²) in [4.78, 5) is 16.3. The minimum atomic E-state index is 0.0352. The molecule has 1 aliphatic rings. The average molecular weight is 280 g/mol. The highest BCUT2D eigenvalue weighted by Gasteiger charge is 2.28. The van der Waals surface area contributed by atoms with Crippen LogP contribution in [0.1, 0.15) is 44.1 Å². The van der Waals surface area contributed by atoms with Gasteiger partial charge in [0.15, 0.2) is 5.78 Å². The van der Waals surface area contributed by atoms with Crippen LogP contribution in [-0.4, -0.2) is 16.5 Å². The Hall–Kier alpha value is -2.03. The number of hydrogen-bond donors (Lipinski definition) is 1. The fraction of sp³-hybridized carbons (Fsp3) is 0.389. The van der Waals surface area contributed by atoms with Crippen molar-refractivity contribution < 1.29 is 4.79 Å². The molecule has 1 aromatic carbocycles. The van der Waals surface area contributed by atoms with Crippen molar-refractivity contribution in [3.8, 4) is 0 Å². The number of ketones is 1. The van der Waals surface area contributed by atoms with E-state index in [9.17, 15) is 4.79 Å². The molecule has 3 heteroatoms. The number of carbonyl (C=O) groups excluding carboxylic acids is 1. The first-order valence-electron chi connectivity index (χ1n) is 7.60. The normalized spacial score (nSPS) is 22.1. The Morgan fingerprint density at radius 3 is 2.57 bits per heavy atom. The molecule has 1 aromatic heterocycles. The van der Waals surface area contributed by atoms with Crippen LogP contribution in [0.4, 0.5) is 0 Å². The second kappa shape index (κ2) is 5.76. The van der Waals surface area contributed by atoms with Gasteiger partial charge in [0, 0.05) is 17.5 Å². The minimum Gasteiger partial charge on any atom is -0.302 e. The number of fused-ring (bicyclic) bond motifs is 1. The molecule has 3 nitrogen and oxygen atoms in total. The maximum atomic E-state index is 11.9. The molecule has 1 fully saturated rings. The first-order chi connectivity index (χ1) is 10.2. The molecular formula is C18H20N2O. The highest BCUT2D eigenvalue weighted by molar-refractivity contribution is 6.38. The molecule has 3 rings (SSSR count). The predicted molar refractivity (Wildman–Crippen MR) is 84.8 cm³/mol. The molecule has 1 N–H and O–H groups in total. The number of rotatable bonds is 3. The van der Waals surface area contributed by atoms with Crippen molar-refractivity contribution in [1.82, 2.24) is 4.98 Å². The van der Waals surface area contributed by atoms with Crippen LogP contribution in [-0.2, 0) is 4.79 Å². The third kappa shape index (κ3) is 2.73. The van der Waals surface area contributed by atoms with E-state index < -0.39 is 0 Å². The standard InChI is InChI=1S/C18H20N2O/c1-12(19)18(21)14-8-6-13(7-9-14)15-10-11-20-17-5-3-2-4-16(15)17/h2-5,10-11,13-14,19H,6-9H2,1H3. The maximum Gasteiger partial charge on any atom is 0.179 e. The van der Waals surface area contributed by atoms with Crippen LogP contribution >= 0.6 is 0 Å². The monoisotopic (exact) mass is 280 g/mol. The van der Waals surface area contributed by atoms with Crippen molar-refractivity contribution in [2.24, 2.45) is 5.92 Å². The van der Waals surface area contributed by atoms with Crippen molar-refractivity contribution >= 4 is 22.4 Å². The van der Waals surface area contributed by atoms with Crippen molar-refractivity contribution in [2.75, 3.05) is 0 Å². The van der Waals surface area contributed by atoms with Crippen LogP contribution in [0, 0.1) is 11.3 Å². The zero-order valence-corrected chi connectivity index (χ0v) is 12.3. The van der Waals surface area contributed by atoms with Gasteiger partial charge in [0.2, 0.25) is 0 Å². The summed E-state index contributed by atoms with van der Waals surface area (Å²) in [6, 6.07) is 10.4. The van der Waals surface area contributed by atoms with Crippen molar-refractivity contribution in [3.63, 3.8) is 0 Å². The zero-order valence-electron chi connectivity index (χ0n) is 12.3. The van der Waals surface area contributed by atoms with E-state index in [1.807, 2.05) is 18.3 Å². The van der Waals surface area contributed by atoms with Gasteiger partial charge in [0.25, 0.3) is 0 Å². The number of carbonyl (C=O) groups is 1. The second-order valence-corrected chi connectivity index (χ2v) is 5.96. The zero-order chi connectivity index (χ0) is 14.8. The molecule has 0 atom stereocenters. The highest BCUT2D eigenvalue weighted by atomic mass is 16.1. The molecule has 0 amide bonds. The number of nitrogens with zero attached hydrogens (tertiary/aromatic N) is 1. The van der Waals surface area contributed by atoms with Crippen LogP contribution in [0.3, 0.4) is 0 Å². The molecule has 108 valence electrons. The molecule has 1 saturated carbocycles. The third-order valence-corrected chi connectivity index (χ3v) is 4.59. The lowest BCUT2D eigenvalue weighted by molar-refractivity contribution is -0.117. The maximum absolute atomic E-state index is 11.9. The van der Waals surface area contributed by atoms with Crippen LogP contribution in [0.25, 0.3) is 10.9 Å². The van der Waals surface area contributed by atoms with Gasteiger partial charge in [0.1, 0.15) is 0 Å². The smallest absolute Gasteiger partial charge is 0.179 e. The van der Waals surface area contributed by atoms with E-state index in [4.69, 9.17) is 5.41 Å². The van der Waals surface area contributed by atoms with E-state index in [2.05, 4.69) is 23.2 Å². The van der Waals surface area contributed by atoms with Gasteiger partial charge in [0.05, 0.1) is 11.2 Å². The van der Waals surface area contributed by atoms with Crippen molar-refractivity contribution in [1.29, 1.82) is 5.41 Å². The lowest BCUT2D eigenvalue weighted by Gasteiger charge is -2.28. The molecule has 21 heavy (non-hydrogen) atoms. The molecule has 2 aromatic rings. The van der Waals surface area contributed by atoms with Gasteiger partial charge >= 0.3 is 0 Å². The third-order valence-electron chi connectivity index (χ3n) is 4.59. The Morgan fingerprint density at radius 1 is 1.14 bits per heavy atom. The molecule has 0 spiro atoms. The molecular weight excluding hydrogens is 260 g/mol. The minimum absolute atomic E-state index is 0.0352. The summed E-state index contributed by atoms with van der Waals surface area (Å²) in [7, 11) is 0. The molecule has 0 saturated heterocycles. The Kier molecular flexibility index (Phi) is 3.82. The Labute approximate surface area is 124 Å². The van der Waals surface area contributed by atoms with Crippen LogP contribution < -0.4 is 0 Å². The fourth-order valence-corrected chi connectivity index (χ4v) is 3.45. The summed E-state index contributed by atoms with van der Waals surface area (Å²) in [5.41, 5.74) is 2.61. The molecule has 0 bridgehead atoms. The first-order valence-corrected chi connectivity index (χ1v) is 7.60. The number of Topliss-reactive ketones (excluding diaryl/α,β-unsaturated/α-hetero) is 1. The Bertz CT molecular complexity index is 679. The van der Waals surface area contributed by atoms with Gasteiger partial charge in [-0.25, -0.2) is 0 Å². The van der Waals surface area contributed by atoms with Crippen LogP contribution in [0.15, 0.2) is 36.5 Å². The summed E-state index contributed by atoms with van der Waals surface area (Å²) in [5.74, 6) is 0.605. The Morgan fingerprint density at radius 2 is 1.86 bits per heavy atom. The van der Waals surface area contributed by atoms with Gasteiger partial charge in [-0.3, -0.25) is 9.78 Å². The van der Waals surface area contributed by atoms with E-state index in [-0.39, 0.29) is 17.4 Å². The predicted octanol–water partition coefficient (Wildman–Crippen LogP) is 4.12. The van der Waals surface area contributed by atoms with E-state index in [1.54, 1.807) is 6.92 Å². The lowest BCUT2D eigenvalue weighted by Crippen LogP contribution is -2.25. The molecule has 1 heterocycles. The van der Waals surface area contributed by atoms with E-state index in [0.29, 0.717) is 5.92 Å². The number of para-hydroxylation sites is 1. The summed E-state index contributed by atoms with van der Waals surface area (Å²) < 4.78 is 0. The molecule has 0 unspecified atom stereocenters. The molecule has 0 aliphatic heterocycles. The lowest BCUT2D eigenvalue weighted by atomic mass is 9.76. The number of hydrogen-bond acceptors (Lipinski definition) is 3. The SMILES string of the molecule is CC(=N)C(=O)C1CCC(c2ccnc3ccccc23)CC1. The first kappa shape index (κ1) is 13.9.